The summed E-state index contributed by atoms with van der Waals surface area (Å²) in [5, 5.41) is 3.51. The van der Waals surface area contributed by atoms with Crippen LogP contribution >= 0.6 is 15.9 Å². The number of halogens is 1. The zero-order valence-corrected chi connectivity index (χ0v) is 12.8. The summed E-state index contributed by atoms with van der Waals surface area (Å²) in [5.41, 5.74) is 1.62. The van der Waals surface area contributed by atoms with Crippen molar-refractivity contribution in [3.8, 4) is 0 Å². The quantitative estimate of drug-likeness (QED) is 0.900. The fourth-order valence-corrected chi connectivity index (χ4v) is 3.17. The molecule has 1 aliphatic rings. The van der Waals surface area contributed by atoms with Gasteiger partial charge in [-0.25, -0.2) is 0 Å². The number of hydrogen-bond acceptors (Lipinski definition) is 2. The van der Waals surface area contributed by atoms with E-state index < -0.39 is 0 Å². The maximum absolute atomic E-state index is 5.82. The number of hydrogen-bond donors (Lipinski definition) is 1. The van der Waals surface area contributed by atoms with E-state index in [1.807, 2.05) is 0 Å². The molecule has 0 spiro atoms. The first-order chi connectivity index (χ1) is 8.68. The predicted octanol–water partition coefficient (Wildman–Crippen LogP) is 3.40. The van der Waals surface area contributed by atoms with E-state index in [2.05, 4.69) is 59.4 Å². The van der Waals surface area contributed by atoms with E-state index in [0.29, 0.717) is 6.10 Å². The second-order valence-electron chi connectivity index (χ2n) is 5.17. The number of rotatable bonds is 5. The Morgan fingerprint density at radius 2 is 2.22 bits per heavy atom. The molecule has 1 N–H and O–H groups in total. The highest BCUT2D eigenvalue weighted by Crippen LogP contribution is 2.39. The first kappa shape index (κ1) is 14.0. The molecule has 0 saturated carbocycles. The largest absolute Gasteiger partial charge is 0.378 e. The molecule has 100 valence electrons. The summed E-state index contributed by atoms with van der Waals surface area (Å²) in [7, 11) is 0. The lowest BCUT2D eigenvalue weighted by Gasteiger charge is -2.33. The predicted molar refractivity (Wildman–Crippen MR) is 78.9 cm³/mol. The molecule has 0 radical (unpaired) electrons. The Balaban J connectivity index is 2.18. The second kappa shape index (κ2) is 6.18. The third-order valence-corrected chi connectivity index (χ3v) is 4.83. The van der Waals surface area contributed by atoms with E-state index >= 15 is 0 Å². The summed E-state index contributed by atoms with van der Waals surface area (Å²) in [5.74, 6) is 0. The molecular weight excluding hydrogens is 290 g/mol. The minimum absolute atomic E-state index is 0.236. The van der Waals surface area contributed by atoms with Crippen LogP contribution in [0.3, 0.4) is 0 Å². The van der Waals surface area contributed by atoms with Gasteiger partial charge in [0.15, 0.2) is 0 Å². The normalized spacial score (nSPS) is 27.6. The molecule has 1 aliphatic heterocycles. The van der Waals surface area contributed by atoms with Crippen molar-refractivity contribution >= 4 is 15.9 Å². The summed E-state index contributed by atoms with van der Waals surface area (Å²) in [6.07, 6.45) is 2.54. The van der Waals surface area contributed by atoms with Gasteiger partial charge in [0.25, 0.3) is 0 Å². The Morgan fingerprint density at radius 3 is 2.83 bits per heavy atom. The van der Waals surface area contributed by atoms with Crippen LogP contribution in [0.1, 0.15) is 25.8 Å². The molecule has 1 aromatic rings. The number of nitrogens with one attached hydrogen (secondary N) is 1. The zero-order valence-electron chi connectivity index (χ0n) is 11.2. The summed E-state index contributed by atoms with van der Waals surface area (Å²) in [6, 6.07) is 8.51. The van der Waals surface area contributed by atoms with Crippen molar-refractivity contribution in [3.63, 3.8) is 0 Å². The summed E-state index contributed by atoms with van der Waals surface area (Å²) in [6.45, 7) is 7.31. The average molecular weight is 312 g/mol. The van der Waals surface area contributed by atoms with Crippen LogP contribution in [0.4, 0.5) is 0 Å². The van der Waals surface area contributed by atoms with Crippen LogP contribution in [-0.4, -0.2) is 25.8 Å². The molecule has 3 heteroatoms. The second-order valence-corrected chi connectivity index (χ2v) is 6.03. The van der Waals surface area contributed by atoms with Crippen molar-refractivity contribution in [1.82, 2.24) is 5.32 Å². The molecule has 1 fully saturated rings. The zero-order chi connectivity index (χ0) is 13.0. The van der Waals surface area contributed by atoms with Crippen LogP contribution in [-0.2, 0) is 11.2 Å². The van der Waals surface area contributed by atoms with Gasteiger partial charge in [0.05, 0.1) is 6.10 Å². The summed E-state index contributed by atoms with van der Waals surface area (Å²) in [4.78, 5) is 0. The summed E-state index contributed by atoms with van der Waals surface area (Å²) >= 11 is 3.65. The van der Waals surface area contributed by atoms with Crippen LogP contribution in [0, 0.1) is 5.41 Å². The van der Waals surface area contributed by atoms with Crippen molar-refractivity contribution in [3.05, 3.63) is 34.3 Å². The molecule has 1 aromatic carbocycles. The van der Waals surface area contributed by atoms with Gasteiger partial charge in [0, 0.05) is 23.0 Å². The van der Waals surface area contributed by atoms with Gasteiger partial charge in [-0.15, -0.1) is 0 Å². The van der Waals surface area contributed by atoms with Crippen LogP contribution < -0.4 is 5.32 Å². The fourth-order valence-electron chi connectivity index (χ4n) is 2.74. The SMILES string of the molecule is CCNCC1(Cc2ccccc2Br)CCOC1C. The molecule has 18 heavy (non-hydrogen) atoms. The highest BCUT2D eigenvalue weighted by atomic mass is 79.9. The standard InChI is InChI=1S/C15H22BrNO/c1-3-17-11-15(8-9-18-12(15)2)10-13-6-4-5-7-14(13)16/h4-7,12,17H,3,8-11H2,1-2H3. The van der Waals surface area contributed by atoms with Crippen molar-refractivity contribution in [2.24, 2.45) is 5.41 Å². The Kier molecular flexibility index (Phi) is 4.82. The van der Waals surface area contributed by atoms with Crippen molar-refractivity contribution in [1.29, 1.82) is 0 Å². The van der Waals surface area contributed by atoms with Gasteiger partial charge in [0.2, 0.25) is 0 Å². The van der Waals surface area contributed by atoms with Crippen LogP contribution in [0.15, 0.2) is 28.7 Å². The fraction of sp³-hybridized carbons (Fsp3) is 0.600. The van der Waals surface area contributed by atoms with Crippen LogP contribution in [0.5, 0.6) is 0 Å². The molecule has 2 rings (SSSR count). The molecule has 0 amide bonds. The Morgan fingerprint density at radius 1 is 1.44 bits per heavy atom. The lowest BCUT2D eigenvalue weighted by molar-refractivity contribution is 0.0632. The lowest BCUT2D eigenvalue weighted by Crippen LogP contribution is -2.41. The Bertz CT molecular complexity index is 396. The monoisotopic (exact) mass is 311 g/mol. The van der Waals surface area contributed by atoms with Gasteiger partial charge in [-0.2, -0.15) is 0 Å². The van der Waals surface area contributed by atoms with Gasteiger partial charge in [0.1, 0.15) is 0 Å². The minimum atomic E-state index is 0.236. The first-order valence-electron chi connectivity index (χ1n) is 6.74. The van der Waals surface area contributed by atoms with Gasteiger partial charge in [-0.3, -0.25) is 0 Å². The third kappa shape index (κ3) is 2.95. The molecule has 1 heterocycles. The van der Waals surface area contributed by atoms with Crippen molar-refractivity contribution < 1.29 is 4.74 Å². The Labute approximate surface area is 118 Å². The molecule has 0 aromatic heterocycles. The van der Waals surface area contributed by atoms with E-state index in [0.717, 1.165) is 32.5 Å². The molecule has 2 nitrogen and oxygen atoms in total. The van der Waals surface area contributed by atoms with Crippen molar-refractivity contribution in [2.75, 3.05) is 19.7 Å². The van der Waals surface area contributed by atoms with Gasteiger partial charge < -0.3 is 10.1 Å². The van der Waals surface area contributed by atoms with E-state index in [1.54, 1.807) is 0 Å². The highest BCUT2D eigenvalue weighted by Gasteiger charge is 2.41. The topological polar surface area (TPSA) is 21.3 Å². The lowest BCUT2D eigenvalue weighted by atomic mass is 9.76. The highest BCUT2D eigenvalue weighted by molar-refractivity contribution is 9.10. The molecule has 1 saturated heterocycles. The van der Waals surface area contributed by atoms with E-state index in [-0.39, 0.29) is 5.41 Å². The smallest absolute Gasteiger partial charge is 0.0619 e. The van der Waals surface area contributed by atoms with Crippen LogP contribution in [0.25, 0.3) is 0 Å². The first-order valence-corrected chi connectivity index (χ1v) is 7.53. The van der Waals surface area contributed by atoms with Crippen molar-refractivity contribution in [2.45, 2.75) is 32.8 Å². The maximum atomic E-state index is 5.82. The molecule has 2 atom stereocenters. The van der Waals surface area contributed by atoms with E-state index in [1.165, 1.54) is 10.0 Å². The maximum Gasteiger partial charge on any atom is 0.0619 e. The third-order valence-electron chi connectivity index (χ3n) is 4.06. The Hall–Kier alpha value is -0.380. The van der Waals surface area contributed by atoms with E-state index in [9.17, 15) is 0 Å². The van der Waals surface area contributed by atoms with E-state index in [4.69, 9.17) is 4.74 Å². The summed E-state index contributed by atoms with van der Waals surface area (Å²) < 4.78 is 7.03. The number of benzene rings is 1. The molecule has 0 bridgehead atoms. The number of ether oxygens (including phenoxy) is 1. The van der Waals surface area contributed by atoms with Crippen LogP contribution in [0.2, 0.25) is 0 Å². The molecule has 0 aliphatic carbocycles. The average Bonchev–Trinajstić information content (AvgIpc) is 2.72. The van der Waals surface area contributed by atoms with Gasteiger partial charge in [-0.1, -0.05) is 41.1 Å². The molecule has 2 unspecified atom stereocenters. The molecular formula is C15H22BrNO. The van der Waals surface area contributed by atoms with Gasteiger partial charge in [-0.05, 0) is 37.9 Å². The van der Waals surface area contributed by atoms with Gasteiger partial charge >= 0.3 is 0 Å². The minimum Gasteiger partial charge on any atom is -0.378 e.